The molecule has 5 aliphatic carbocycles. The Morgan fingerprint density at radius 2 is 1.84 bits per heavy atom. The van der Waals surface area contributed by atoms with E-state index in [4.69, 9.17) is 4.74 Å². The van der Waals surface area contributed by atoms with Gasteiger partial charge in [-0.05, 0) is 68.6 Å². The summed E-state index contributed by atoms with van der Waals surface area (Å²) in [5.41, 5.74) is -0.211. The lowest BCUT2D eigenvalue weighted by molar-refractivity contribution is -0.170. The molecule has 0 amide bonds. The molecule has 4 bridgehead atoms. The highest BCUT2D eigenvalue weighted by Crippen LogP contribution is 2.83. The number of hydrogen-bond acceptors (Lipinski definition) is 2. The molecule has 0 heterocycles. The molecule has 6 unspecified atom stereocenters. The first-order valence-electron chi connectivity index (χ1n) is 8.24. The van der Waals surface area contributed by atoms with E-state index in [9.17, 15) is 4.79 Å². The van der Waals surface area contributed by atoms with Gasteiger partial charge < -0.3 is 4.74 Å². The van der Waals surface area contributed by atoms with Crippen molar-refractivity contribution in [3.63, 3.8) is 0 Å². The van der Waals surface area contributed by atoms with Gasteiger partial charge in [0.25, 0.3) is 0 Å². The van der Waals surface area contributed by atoms with Crippen LogP contribution < -0.4 is 0 Å². The summed E-state index contributed by atoms with van der Waals surface area (Å²) < 4.78 is 6.08. The molecule has 0 aliphatic heterocycles. The van der Waals surface area contributed by atoms with Crippen molar-refractivity contribution in [2.45, 2.75) is 64.9 Å². The Morgan fingerprint density at radius 1 is 1.16 bits per heavy atom. The molecule has 5 rings (SSSR count). The zero-order chi connectivity index (χ0) is 13.4. The third-order valence-corrected chi connectivity index (χ3v) is 7.26. The van der Waals surface area contributed by atoms with E-state index in [0.717, 1.165) is 24.7 Å². The van der Waals surface area contributed by atoms with Gasteiger partial charge in [-0.15, -0.1) is 0 Å². The molecule has 0 N–H and O–H groups in total. The van der Waals surface area contributed by atoms with Crippen LogP contribution in [0.1, 0.15) is 59.3 Å². The molecule has 0 radical (unpaired) electrons. The maximum absolute atomic E-state index is 12.9. The van der Waals surface area contributed by atoms with E-state index in [1.54, 1.807) is 0 Å². The molecular formula is C17H26O2. The van der Waals surface area contributed by atoms with E-state index >= 15 is 0 Å². The Hall–Kier alpha value is -0.530. The van der Waals surface area contributed by atoms with Crippen LogP contribution in [-0.4, -0.2) is 11.6 Å². The lowest BCUT2D eigenvalue weighted by atomic mass is 9.85. The Kier molecular flexibility index (Phi) is 2.29. The predicted octanol–water partition coefficient (Wildman–Crippen LogP) is 3.79. The van der Waals surface area contributed by atoms with E-state index in [-0.39, 0.29) is 17.0 Å². The van der Waals surface area contributed by atoms with Crippen molar-refractivity contribution in [3.05, 3.63) is 0 Å². The van der Waals surface area contributed by atoms with Crippen LogP contribution in [-0.2, 0) is 9.53 Å². The zero-order valence-electron chi connectivity index (χ0n) is 12.4. The van der Waals surface area contributed by atoms with Crippen LogP contribution in [0.2, 0.25) is 0 Å². The van der Waals surface area contributed by atoms with Crippen molar-refractivity contribution in [2.24, 2.45) is 35.0 Å². The standard InChI is InChI=1S/C17H26O2/c1-10-12-9-13-14(10)17(13,11(12)2)15(18)19-16(3)7-5-4-6-8-16/h10-14H,4-9H2,1-3H3. The highest BCUT2D eigenvalue weighted by molar-refractivity contribution is 5.84. The maximum Gasteiger partial charge on any atom is 0.313 e. The summed E-state index contributed by atoms with van der Waals surface area (Å²) >= 11 is 0. The lowest BCUT2D eigenvalue weighted by Crippen LogP contribution is -2.38. The SMILES string of the molecule is CC1C2CC3C1C3(C(=O)OC1(C)CCCCC1)C2C. The van der Waals surface area contributed by atoms with Crippen molar-refractivity contribution in [3.8, 4) is 0 Å². The van der Waals surface area contributed by atoms with Gasteiger partial charge in [0, 0.05) is 0 Å². The number of ether oxygens (including phenoxy) is 1. The average molecular weight is 262 g/mol. The first kappa shape index (κ1) is 12.2. The molecule has 2 nitrogen and oxygen atoms in total. The van der Waals surface area contributed by atoms with Crippen LogP contribution in [0.25, 0.3) is 0 Å². The Morgan fingerprint density at radius 3 is 2.32 bits per heavy atom. The van der Waals surface area contributed by atoms with Crippen LogP contribution in [0.4, 0.5) is 0 Å². The fraction of sp³-hybridized carbons (Fsp3) is 0.941. The number of rotatable bonds is 2. The van der Waals surface area contributed by atoms with Crippen molar-refractivity contribution in [1.82, 2.24) is 0 Å². The molecule has 106 valence electrons. The van der Waals surface area contributed by atoms with E-state index in [0.29, 0.717) is 17.8 Å². The number of esters is 1. The largest absolute Gasteiger partial charge is 0.459 e. The molecule has 0 aromatic carbocycles. The van der Waals surface area contributed by atoms with Gasteiger partial charge >= 0.3 is 5.97 Å². The van der Waals surface area contributed by atoms with Crippen LogP contribution in [0.5, 0.6) is 0 Å². The Labute approximate surface area is 116 Å². The second-order valence-electron chi connectivity index (χ2n) is 8.01. The van der Waals surface area contributed by atoms with Gasteiger partial charge in [0.1, 0.15) is 5.60 Å². The molecule has 0 saturated heterocycles. The summed E-state index contributed by atoms with van der Waals surface area (Å²) in [7, 11) is 0. The molecule has 19 heavy (non-hydrogen) atoms. The van der Waals surface area contributed by atoms with Gasteiger partial charge in [-0.1, -0.05) is 20.3 Å². The zero-order valence-corrected chi connectivity index (χ0v) is 12.4. The smallest absolute Gasteiger partial charge is 0.313 e. The summed E-state index contributed by atoms with van der Waals surface area (Å²) in [6, 6.07) is 0. The van der Waals surface area contributed by atoms with Crippen LogP contribution >= 0.6 is 0 Å². The van der Waals surface area contributed by atoms with Gasteiger partial charge in [-0.25, -0.2) is 0 Å². The van der Waals surface area contributed by atoms with Gasteiger partial charge in [0.05, 0.1) is 5.41 Å². The molecule has 0 spiro atoms. The monoisotopic (exact) mass is 262 g/mol. The van der Waals surface area contributed by atoms with Crippen molar-refractivity contribution in [2.75, 3.05) is 0 Å². The summed E-state index contributed by atoms with van der Waals surface area (Å²) in [6.45, 7) is 6.82. The molecule has 2 heteroatoms. The van der Waals surface area contributed by atoms with Gasteiger partial charge in [0.2, 0.25) is 0 Å². The maximum atomic E-state index is 12.9. The predicted molar refractivity (Wildman–Crippen MR) is 73.4 cm³/mol. The topological polar surface area (TPSA) is 26.3 Å². The molecule has 5 saturated carbocycles. The second-order valence-corrected chi connectivity index (χ2v) is 8.01. The number of hydrogen-bond donors (Lipinski definition) is 0. The normalized spacial score (nSPS) is 53.1. The third-order valence-electron chi connectivity index (χ3n) is 7.26. The highest BCUT2D eigenvalue weighted by atomic mass is 16.6. The van der Waals surface area contributed by atoms with Crippen LogP contribution in [0.3, 0.4) is 0 Å². The molecule has 0 aromatic rings. The molecule has 5 fully saturated rings. The van der Waals surface area contributed by atoms with E-state index in [2.05, 4.69) is 20.8 Å². The third kappa shape index (κ3) is 1.31. The Bertz CT molecular complexity index is 419. The molecular weight excluding hydrogens is 236 g/mol. The average Bonchev–Trinajstić information content (AvgIpc) is 2.67. The van der Waals surface area contributed by atoms with Gasteiger partial charge in [-0.2, -0.15) is 0 Å². The Balaban J connectivity index is 1.54. The highest BCUT2D eigenvalue weighted by Gasteiger charge is 2.85. The fourth-order valence-electron chi connectivity index (χ4n) is 6.27. The van der Waals surface area contributed by atoms with Crippen LogP contribution in [0, 0.1) is 35.0 Å². The van der Waals surface area contributed by atoms with Crippen molar-refractivity contribution in [1.29, 1.82) is 0 Å². The summed E-state index contributed by atoms with van der Waals surface area (Å²) in [6.07, 6.45) is 7.17. The fourth-order valence-corrected chi connectivity index (χ4v) is 6.27. The molecule has 6 atom stereocenters. The minimum absolute atomic E-state index is 0.0511. The van der Waals surface area contributed by atoms with Gasteiger partial charge in [-0.3, -0.25) is 4.79 Å². The van der Waals surface area contributed by atoms with Crippen molar-refractivity contribution >= 4 is 5.97 Å². The quantitative estimate of drug-likeness (QED) is 0.708. The van der Waals surface area contributed by atoms with Crippen molar-refractivity contribution < 1.29 is 9.53 Å². The minimum Gasteiger partial charge on any atom is -0.459 e. The number of carbonyl (C=O) groups excluding carboxylic acids is 1. The second kappa shape index (κ2) is 3.56. The minimum atomic E-state index is -0.160. The summed E-state index contributed by atoms with van der Waals surface area (Å²) in [4.78, 5) is 12.9. The van der Waals surface area contributed by atoms with E-state index < -0.39 is 0 Å². The van der Waals surface area contributed by atoms with Crippen LogP contribution in [0.15, 0.2) is 0 Å². The number of carbonyl (C=O) groups is 1. The first-order valence-corrected chi connectivity index (χ1v) is 8.24. The lowest BCUT2D eigenvalue weighted by Gasteiger charge is -2.35. The first-order chi connectivity index (χ1) is 9.01. The summed E-state index contributed by atoms with van der Waals surface area (Å²) in [5, 5.41) is 0. The summed E-state index contributed by atoms with van der Waals surface area (Å²) in [5.74, 6) is 3.62. The van der Waals surface area contributed by atoms with Gasteiger partial charge in [0.15, 0.2) is 0 Å². The van der Waals surface area contributed by atoms with E-state index in [1.165, 1.54) is 25.7 Å². The molecule has 5 aliphatic rings. The van der Waals surface area contributed by atoms with E-state index in [1.807, 2.05) is 0 Å². The molecule has 0 aromatic heterocycles.